The van der Waals surface area contributed by atoms with Crippen LogP contribution in [0.5, 0.6) is 0 Å². The van der Waals surface area contributed by atoms with Gasteiger partial charge < -0.3 is 10.8 Å². The number of amides is 1. The van der Waals surface area contributed by atoms with Crippen molar-refractivity contribution < 1.29 is 9.90 Å². The number of nitrogens with two attached hydrogens (primary N) is 1. The smallest absolute Gasteiger partial charge is 0.271 e. The van der Waals surface area contributed by atoms with E-state index >= 15 is 0 Å². The van der Waals surface area contributed by atoms with Gasteiger partial charge in [0.15, 0.2) is 5.84 Å². The Bertz CT molecular complexity index is 832. The average Bonchev–Trinajstić information content (AvgIpc) is 2.61. The van der Waals surface area contributed by atoms with E-state index in [4.69, 9.17) is 5.73 Å². The van der Waals surface area contributed by atoms with Crippen LogP contribution in [0.1, 0.15) is 21.5 Å². The Morgan fingerprint density at radius 2 is 1.75 bits per heavy atom. The van der Waals surface area contributed by atoms with Crippen molar-refractivity contribution in [3.63, 3.8) is 0 Å². The van der Waals surface area contributed by atoms with Crippen LogP contribution in [0.4, 0.5) is 0 Å². The molecule has 4 N–H and O–H groups in total. The Balaban J connectivity index is 2.23. The fourth-order valence-corrected chi connectivity index (χ4v) is 1.91. The monoisotopic (exact) mass is 320 g/mol. The summed E-state index contributed by atoms with van der Waals surface area (Å²) in [6.45, 7) is 1.91. The van der Waals surface area contributed by atoms with Gasteiger partial charge in [0.25, 0.3) is 5.91 Å². The number of nitrogens with zero attached hydrogens (tertiary/aromatic N) is 2. The first-order valence-electron chi connectivity index (χ1n) is 7.12. The molecule has 0 heterocycles. The van der Waals surface area contributed by atoms with Gasteiger partial charge in [0.05, 0.1) is 0 Å². The maximum atomic E-state index is 11.9. The lowest BCUT2D eigenvalue weighted by molar-refractivity contribution is 0.0955. The largest absolute Gasteiger partial charge is 0.506 e. The van der Waals surface area contributed by atoms with Gasteiger partial charge in [-0.3, -0.25) is 4.79 Å². The summed E-state index contributed by atoms with van der Waals surface area (Å²) in [5, 5.41) is 23.1. The molecule has 6 nitrogen and oxygen atoms in total. The molecular formula is C18H16N4O2. The van der Waals surface area contributed by atoms with Crippen LogP contribution in [0.2, 0.25) is 0 Å². The Labute approximate surface area is 139 Å². The highest BCUT2D eigenvalue weighted by molar-refractivity contribution is 6.07. The standard InChI is InChI=1S/C18H16N4O2/c1-12-7-9-13(10-8-12)16(23)15(11-19)17(20)21-22-18(24)14-5-3-2-4-6-14/h2-10,23H,1H3,(H2,20,21)(H,22,24)/b16-15-. The second kappa shape index (κ2) is 7.61. The Morgan fingerprint density at radius 1 is 1.12 bits per heavy atom. The highest BCUT2D eigenvalue weighted by atomic mass is 16.3. The quantitative estimate of drug-likeness (QED) is 0.264. The molecule has 0 radical (unpaired) electrons. The predicted molar refractivity (Wildman–Crippen MR) is 91.9 cm³/mol. The van der Waals surface area contributed by atoms with Crippen molar-refractivity contribution in [2.45, 2.75) is 6.92 Å². The van der Waals surface area contributed by atoms with Crippen molar-refractivity contribution in [1.82, 2.24) is 5.43 Å². The summed E-state index contributed by atoms with van der Waals surface area (Å²) in [7, 11) is 0. The summed E-state index contributed by atoms with van der Waals surface area (Å²) in [5.74, 6) is -1.04. The van der Waals surface area contributed by atoms with Crippen LogP contribution in [-0.2, 0) is 0 Å². The third-order valence-electron chi connectivity index (χ3n) is 3.24. The summed E-state index contributed by atoms with van der Waals surface area (Å²) in [5.41, 5.74) is 9.61. The summed E-state index contributed by atoms with van der Waals surface area (Å²) in [6, 6.07) is 17.2. The van der Waals surface area contributed by atoms with E-state index in [1.54, 1.807) is 60.7 Å². The molecule has 6 heteroatoms. The fourth-order valence-electron chi connectivity index (χ4n) is 1.91. The van der Waals surface area contributed by atoms with Gasteiger partial charge in [-0.1, -0.05) is 48.0 Å². The third kappa shape index (κ3) is 3.99. The first-order valence-corrected chi connectivity index (χ1v) is 7.12. The molecule has 0 aliphatic heterocycles. The van der Waals surface area contributed by atoms with Crippen molar-refractivity contribution in [3.8, 4) is 6.07 Å². The maximum absolute atomic E-state index is 11.9. The molecule has 0 unspecified atom stereocenters. The number of aryl methyl sites for hydroxylation is 1. The molecule has 0 spiro atoms. The van der Waals surface area contributed by atoms with Crippen LogP contribution in [0, 0.1) is 18.3 Å². The highest BCUT2D eigenvalue weighted by Crippen LogP contribution is 2.16. The van der Waals surface area contributed by atoms with Crippen molar-refractivity contribution in [2.75, 3.05) is 0 Å². The minimum Gasteiger partial charge on any atom is -0.506 e. The lowest BCUT2D eigenvalue weighted by Gasteiger charge is -2.05. The normalized spacial score (nSPS) is 12.1. The van der Waals surface area contributed by atoms with E-state index in [2.05, 4.69) is 10.5 Å². The number of aliphatic hydroxyl groups excluding tert-OH is 1. The van der Waals surface area contributed by atoms with E-state index < -0.39 is 5.91 Å². The molecule has 0 aromatic heterocycles. The summed E-state index contributed by atoms with van der Waals surface area (Å²) >= 11 is 0. The molecule has 120 valence electrons. The van der Waals surface area contributed by atoms with E-state index in [0.717, 1.165) is 5.56 Å². The number of nitriles is 1. The molecule has 0 aliphatic carbocycles. The van der Waals surface area contributed by atoms with Gasteiger partial charge in [-0.25, -0.2) is 5.43 Å². The molecule has 2 aromatic carbocycles. The van der Waals surface area contributed by atoms with Gasteiger partial charge in [0.1, 0.15) is 17.4 Å². The van der Waals surface area contributed by atoms with Crippen molar-refractivity contribution in [3.05, 3.63) is 76.9 Å². The zero-order valence-electron chi connectivity index (χ0n) is 13.0. The van der Waals surface area contributed by atoms with Gasteiger partial charge in [-0.05, 0) is 19.1 Å². The summed E-state index contributed by atoms with van der Waals surface area (Å²) in [6.07, 6.45) is 0. The number of benzene rings is 2. The SMILES string of the molecule is Cc1ccc(/C(O)=C(C#N)/C(N)=N/NC(=O)c2ccccc2)cc1. The number of hydrazone groups is 1. The minimum absolute atomic E-state index is 0.216. The van der Waals surface area contributed by atoms with Crippen LogP contribution in [0.3, 0.4) is 0 Å². The van der Waals surface area contributed by atoms with Crippen LogP contribution in [-0.4, -0.2) is 16.8 Å². The lowest BCUT2D eigenvalue weighted by atomic mass is 10.1. The Hall–Kier alpha value is -3.59. The van der Waals surface area contributed by atoms with Crippen LogP contribution < -0.4 is 11.2 Å². The molecule has 0 bridgehead atoms. The number of amidine groups is 1. The van der Waals surface area contributed by atoms with Gasteiger partial charge in [-0.2, -0.15) is 10.4 Å². The second-order valence-corrected chi connectivity index (χ2v) is 5.01. The number of rotatable bonds is 4. The average molecular weight is 320 g/mol. The zero-order chi connectivity index (χ0) is 17.5. The maximum Gasteiger partial charge on any atom is 0.271 e. The van der Waals surface area contributed by atoms with Crippen molar-refractivity contribution in [2.24, 2.45) is 10.8 Å². The molecule has 0 saturated heterocycles. The number of carbonyl (C=O) groups is 1. The van der Waals surface area contributed by atoms with Crippen LogP contribution in [0.25, 0.3) is 5.76 Å². The van der Waals surface area contributed by atoms with Gasteiger partial charge in [0.2, 0.25) is 0 Å². The van der Waals surface area contributed by atoms with Crippen molar-refractivity contribution >= 4 is 17.5 Å². The van der Waals surface area contributed by atoms with E-state index in [1.807, 2.05) is 6.92 Å². The number of hydrogen-bond donors (Lipinski definition) is 3. The molecule has 0 aliphatic rings. The molecular weight excluding hydrogens is 304 g/mol. The molecule has 1 amide bonds. The second-order valence-electron chi connectivity index (χ2n) is 5.01. The lowest BCUT2D eigenvalue weighted by Crippen LogP contribution is -2.24. The van der Waals surface area contributed by atoms with E-state index in [0.29, 0.717) is 11.1 Å². The topological polar surface area (TPSA) is 112 Å². The van der Waals surface area contributed by atoms with Gasteiger partial charge >= 0.3 is 0 Å². The van der Waals surface area contributed by atoms with Crippen LogP contribution >= 0.6 is 0 Å². The third-order valence-corrected chi connectivity index (χ3v) is 3.24. The first kappa shape index (κ1) is 16.8. The Kier molecular flexibility index (Phi) is 5.32. The number of carbonyl (C=O) groups excluding carboxylic acids is 1. The van der Waals surface area contributed by atoms with E-state index in [-0.39, 0.29) is 17.2 Å². The molecule has 0 atom stereocenters. The number of aliphatic hydroxyl groups is 1. The fraction of sp³-hybridized carbons (Fsp3) is 0.0556. The van der Waals surface area contributed by atoms with Crippen molar-refractivity contribution in [1.29, 1.82) is 5.26 Å². The number of hydrogen-bond acceptors (Lipinski definition) is 4. The van der Waals surface area contributed by atoms with E-state index in [9.17, 15) is 15.2 Å². The zero-order valence-corrected chi connectivity index (χ0v) is 13.0. The van der Waals surface area contributed by atoms with Gasteiger partial charge in [-0.15, -0.1) is 0 Å². The van der Waals surface area contributed by atoms with E-state index in [1.165, 1.54) is 0 Å². The highest BCUT2D eigenvalue weighted by Gasteiger charge is 2.13. The number of nitrogens with one attached hydrogen (secondary N) is 1. The summed E-state index contributed by atoms with van der Waals surface area (Å²) < 4.78 is 0. The molecule has 0 saturated carbocycles. The first-order chi connectivity index (χ1) is 11.5. The van der Waals surface area contributed by atoms with Gasteiger partial charge in [0, 0.05) is 11.1 Å². The molecule has 24 heavy (non-hydrogen) atoms. The Morgan fingerprint density at radius 3 is 2.33 bits per heavy atom. The minimum atomic E-state index is -0.467. The molecule has 2 aromatic rings. The summed E-state index contributed by atoms with van der Waals surface area (Å²) in [4.78, 5) is 11.9. The molecule has 0 fully saturated rings. The molecule has 2 rings (SSSR count). The predicted octanol–water partition coefficient (Wildman–Crippen LogP) is 2.49. The van der Waals surface area contributed by atoms with Crippen LogP contribution in [0.15, 0.2) is 65.3 Å².